The number of halogens is 1. The van der Waals surface area contributed by atoms with E-state index in [4.69, 9.17) is 0 Å². The third kappa shape index (κ3) is 6.58. The second-order valence-corrected chi connectivity index (χ2v) is 10.6. The van der Waals surface area contributed by atoms with Gasteiger partial charge < -0.3 is 5.32 Å². The van der Waals surface area contributed by atoms with Crippen LogP contribution in [0.15, 0.2) is 65.6 Å². The standard InChI is InChI=1S/C25H27FN2O3S2/c1-17-8-9-18(2)23(14-17)28-33(30,31)24-15-20(11-10-19(24)3)25(29)27-12-13-32-16-21-6-4-5-7-22(21)26/h4-11,14-15,28H,12-13,16H2,1-3H3,(H,27,29). The number of benzene rings is 3. The molecule has 0 aliphatic heterocycles. The summed E-state index contributed by atoms with van der Waals surface area (Å²) < 4.78 is 42.4. The van der Waals surface area contributed by atoms with E-state index in [0.29, 0.717) is 34.9 Å². The topological polar surface area (TPSA) is 75.3 Å². The molecule has 5 nitrogen and oxygen atoms in total. The van der Waals surface area contributed by atoms with Gasteiger partial charge in [0.1, 0.15) is 5.82 Å². The van der Waals surface area contributed by atoms with Crippen molar-refractivity contribution in [2.24, 2.45) is 0 Å². The molecule has 174 valence electrons. The van der Waals surface area contributed by atoms with Crippen LogP contribution in [0.1, 0.15) is 32.6 Å². The highest BCUT2D eigenvalue weighted by molar-refractivity contribution is 7.98. The van der Waals surface area contributed by atoms with Gasteiger partial charge in [0.05, 0.1) is 10.6 Å². The number of nitrogens with one attached hydrogen (secondary N) is 2. The average Bonchev–Trinajstić information content (AvgIpc) is 2.77. The molecule has 0 unspecified atom stereocenters. The monoisotopic (exact) mass is 486 g/mol. The molecule has 3 rings (SSSR count). The van der Waals surface area contributed by atoms with Crippen LogP contribution >= 0.6 is 11.8 Å². The van der Waals surface area contributed by atoms with Gasteiger partial charge in [-0.1, -0.05) is 36.4 Å². The van der Waals surface area contributed by atoms with Crippen LogP contribution in [0.2, 0.25) is 0 Å². The molecular weight excluding hydrogens is 459 g/mol. The number of hydrogen-bond donors (Lipinski definition) is 2. The molecule has 3 aromatic rings. The highest BCUT2D eigenvalue weighted by Crippen LogP contribution is 2.24. The van der Waals surface area contributed by atoms with Gasteiger partial charge in [-0.3, -0.25) is 9.52 Å². The Kier molecular flexibility index (Phi) is 8.15. The van der Waals surface area contributed by atoms with Crippen molar-refractivity contribution in [3.63, 3.8) is 0 Å². The van der Waals surface area contributed by atoms with Crippen molar-refractivity contribution in [1.29, 1.82) is 0 Å². The molecule has 0 aromatic heterocycles. The summed E-state index contributed by atoms with van der Waals surface area (Å²) in [7, 11) is -3.87. The van der Waals surface area contributed by atoms with Crippen LogP contribution in [0.3, 0.4) is 0 Å². The Morgan fingerprint density at radius 3 is 2.45 bits per heavy atom. The first-order chi connectivity index (χ1) is 15.7. The predicted molar refractivity (Wildman–Crippen MR) is 133 cm³/mol. The normalized spacial score (nSPS) is 11.3. The van der Waals surface area contributed by atoms with Gasteiger partial charge in [0.25, 0.3) is 15.9 Å². The van der Waals surface area contributed by atoms with Crippen molar-refractivity contribution in [3.05, 3.63) is 94.3 Å². The van der Waals surface area contributed by atoms with E-state index in [1.54, 1.807) is 43.3 Å². The van der Waals surface area contributed by atoms with E-state index in [1.165, 1.54) is 23.9 Å². The van der Waals surface area contributed by atoms with Gasteiger partial charge in [0.2, 0.25) is 0 Å². The summed E-state index contributed by atoms with van der Waals surface area (Å²) >= 11 is 1.51. The zero-order valence-electron chi connectivity index (χ0n) is 18.8. The number of carbonyl (C=O) groups is 1. The second kappa shape index (κ2) is 10.9. The Morgan fingerprint density at radius 1 is 0.970 bits per heavy atom. The van der Waals surface area contributed by atoms with Gasteiger partial charge >= 0.3 is 0 Å². The Bertz CT molecular complexity index is 1260. The fourth-order valence-corrected chi connectivity index (χ4v) is 5.45. The van der Waals surface area contributed by atoms with E-state index in [9.17, 15) is 17.6 Å². The molecule has 0 radical (unpaired) electrons. The third-order valence-corrected chi connectivity index (χ3v) is 7.64. The van der Waals surface area contributed by atoms with Crippen molar-refractivity contribution in [2.75, 3.05) is 17.0 Å². The number of anilines is 1. The summed E-state index contributed by atoms with van der Waals surface area (Å²) in [6, 6.07) is 16.8. The Hall–Kier alpha value is -2.84. The first kappa shape index (κ1) is 24.8. The minimum absolute atomic E-state index is 0.0602. The summed E-state index contributed by atoms with van der Waals surface area (Å²) in [5.74, 6) is 0.520. The SMILES string of the molecule is Cc1ccc(C)c(NS(=O)(=O)c2cc(C(=O)NCCSCc3ccccc3F)ccc2C)c1. The fraction of sp³-hybridized carbons (Fsp3) is 0.240. The number of aryl methyl sites for hydroxylation is 3. The molecular formula is C25H27FN2O3S2. The molecule has 33 heavy (non-hydrogen) atoms. The average molecular weight is 487 g/mol. The maximum absolute atomic E-state index is 13.7. The first-order valence-corrected chi connectivity index (χ1v) is 13.1. The lowest BCUT2D eigenvalue weighted by molar-refractivity contribution is 0.0956. The molecule has 0 spiro atoms. The largest absolute Gasteiger partial charge is 0.351 e. The number of amides is 1. The van der Waals surface area contributed by atoms with Crippen molar-refractivity contribution >= 4 is 33.4 Å². The second-order valence-electron chi connectivity index (χ2n) is 7.80. The zero-order valence-corrected chi connectivity index (χ0v) is 20.4. The van der Waals surface area contributed by atoms with Gasteiger partial charge in [-0.25, -0.2) is 12.8 Å². The lowest BCUT2D eigenvalue weighted by Gasteiger charge is -2.14. The molecule has 0 aliphatic rings. The molecule has 0 aliphatic carbocycles. The van der Waals surface area contributed by atoms with Crippen LogP contribution in [-0.2, 0) is 15.8 Å². The summed E-state index contributed by atoms with van der Waals surface area (Å²) in [5.41, 5.74) is 3.69. The Morgan fingerprint density at radius 2 is 1.70 bits per heavy atom. The summed E-state index contributed by atoms with van der Waals surface area (Å²) in [6.07, 6.45) is 0. The minimum atomic E-state index is -3.87. The molecule has 2 N–H and O–H groups in total. The molecule has 0 atom stereocenters. The number of carbonyl (C=O) groups excluding carboxylic acids is 1. The van der Waals surface area contributed by atoms with Crippen LogP contribution in [0.25, 0.3) is 0 Å². The summed E-state index contributed by atoms with van der Waals surface area (Å²) in [5, 5.41) is 2.80. The number of rotatable bonds is 9. The van der Waals surface area contributed by atoms with Crippen molar-refractivity contribution < 1.29 is 17.6 Å². The van der Waals surface area contributed by atoms with Crippen molar-refractivity contribution in [1.82, 2.24) is 5.32 Å². The van der Waals surface area contributed by atoms with E-state index in [1.807, 2.05) is 26.0 Å². The van der Waals surface area contributed by atoms with Gasteiger partial charge in [0.15, 0.2) is 0 Å². The number of sulfonamides is 1. The van der Waals surface area contributed by atoms with E-state index >= 15 is 0 Å². The van der Waals surface area contributed by atoms with E-state index < -0.39 is 10.0 Å². The van der Waals surface area contributed by atoms with E-state index in [0.717, 1.165) is 11.1 Å². The van der Waals surface area contributed by atoms with E-state index in [-0.39, 0.29) is 22.2 Å². The van der Waals surface area contributed by atoms with Crippen LogP contribution in [-0.4, -0.2) is 26.6 Å². The maximum Gasteiger partial charge on any atom is 0.262 e. The quantitative estimate of drug-likeness (QED) is 0.407. The highest BCUT2D eigenvalue weighted by Gasteiger charge is 2.20. The molecule has 8 heteroatoms. The molecule has 3 aromatic carbocycles. The smallest absolute Gasteiger partial charge is 0.262 e. The predicted octanol–water partition coefficient (Wildman–Crippen LogP) is 5.21. The number of hydrogen-bond acceptors (Lipinski definition) is 4. The fourth-order valence-electron chi connectivity index (χ4n) is 3.21. The molecule has 0 saturated carbocycles. The molecule has 1 amide bonds. The van der Waals surface area contributed by atoms with Crippen molar-refractivity contribution in [2.45, 2.75) is 31.4 Å². The molecule has 0 fully saturated rings. The van der Waals surface area contributed by atoms with Crippen LogP contribution < -0.4 is 10.0 Å². The van der Waals surface area contributed by atoms with Gasteiger partial charge in [-0.15, -0.1) is 0 Å². The minimum Gasteiger partial charge on any atom is -0.351 e. The van der Waals surface area contributed by atoms with Crippen LogP contribution in [0.5, 0.6) is 0 Å². The number of thioether (sulfide) groups is 1. The zero-order chi connectivity index (χ0) is 24.0. The Balaban J connectivity index is 1.63. The molecule has 0 heterocycles. The van der Waals surface area contributed by atoms with Gasteiger partial charge in [-0.2, -0.15) is 11.8 Å². The van der Waals surface area contributed by atoms with Gasteiger partial charge in [0, 0.05) is 23.6 Å². The lowest BCUT2D eigenvalue weighted by atomic mass is 10.1. The Labute approximate surface area is 198 Å². The van der Waals surface area contributed by atoms with Crippen LogP contribution in [0, 0.1) is 26.6 Å². The van der Waals surface area contributed by atoms with E-state index in [2.05, 4.69) is 10.0 Å². The van der Waals surface area contributed by atoms with Crippen molar-refractivity contribution in [3.8, 4) is 0 Å². The molecule has 0 bridgehead atoms. The highest BCUT2D eigenvalue weighted by atomic mass is 32.2. The molecule has 0 saturated heterocycles. The summed E-state index contributed by atoms with van der Waals surface area (Å²) in [4.78, 5) is 12.6. The third-order valence-electron chi connectivity index (χ3n) is 5.12. The van der Waals surface area contributed by atoms with Gasteiger partial charge in [-0.05, 0) is 67.3 Å². The maximum atomic E-state index is 13.7. The summed E-state index contributed by atoms with van der Waals surface area (Å²) in [6.45, 7) is 5.80. The first-order valence-electron chi connectivity index (χ1n) is 10.5. The van der Waals surface area contributed by atoms with Crippen LogP contribution in [0.4, 0.5) is 10.1 Å². The lowest BCUT2D eigenvalue weighted by Crippen LogP contribution is -2.26.